The van der Waals surface area contributed by atoms with Crippen LogP contribution in [-0.2, 0) is 33.9 Å². The van der Waals surface area contributed by atoms with Crippen LogP contribution >= 0.6 is 0 Å². The number of hydrogen-bond donors (Lipinski definition) is 8. The van der Waals surface area contributed by atoms with Gasteiger partial charge < -0.3 is 43.6 Å². The molecule has 0 spiro atoms. The van der Waals surface area contributed by atoms with Crippen LogP contribution in [-0.4, -0.2) is 54.3 Å². The number of carbonyl (C=O) groups excluding carboxylic acids is 2. The van der Waals surface area contributed by atoms with Crippen molar-refractivity contribution < 1.29 is 57.0 Å². The Balaban J connectivity index is -0.000000124. The zero-order valence-corrected chi connectivity index (χ0v) is 40.8. The van der Waals surface area contributed by atoms with Crippen LogP contribution < -0.4 is 28.3 Å². The molecule has 0 saturated carbocycles. The summed E-state index contributed by atoms with van der Waals surface area (Å²) >= 11 is -1.44. The summed E-state index contributed by atoms with van der Waals surface area (Å²) in [5.41, 5.74) is 28.0. The van der Waals surface area contributed by atoms with E-state index in [0.717, 1.165) is 29.4 Å². The number of aliphatic hydroxyl groups excluding tert-OH is 1. The molecule has 1 unspecified atom stereocenters. The summed E-state index contributed by atoms with van der Waals surface area (Å²) in [4.78, 5) is 41.5. The van der Waals surface area contributed by atoms with E-state index in [4.69, 9.17) is 45.9 Å². The summed E-state index contributed by atoms with van der Waals surface area (Å²) in [5.74, 6) is -1.85. The monoisotopic (exact) mass is 956 g/mol. The fourth-order valence-corrected chi connectivity index (χ4v) is 4.21. The summed E-state index contributed by atoms with van der Waals surface area (Å²) in [5, 5.41) is 29.2. The van der Waals surface area contributed by atoms with Crippen molar-refractivity contribution in [2.75, 3.05) is 28.3 Å². The molecule has 0 saturated heterocycles. The number of aliphatic carboxylic acids is 1. The van der Waals surface area contributed by atoms with E-state index in [1.165, 1.54) is 6.07 Å². The number of hydrogen-bond acceptors (Lipinski definition) is 12. The van der Waals surface area contributed by atoms with Gasteiger partial charge in [-0.05, 0) is 67.1 Å². The van der Waals surface area contributed by atoms with Crippen LogP contribution in [0.4, 0.5) is 28.4 Å². The maximum absolute atomic E-state index is 10.9. The molecule has 12 N–H and O–H groups in total. The number of benzene rings is 5. The summed E-state index contributed by atoms with van der Waals surface area (Å²) in [6, 6.07) is 35.1. The standard InChI is InChI=1S/C11H11NO2.C7H7NO2.C7H9NO.2C7H7NO.5C2H6.CH4.B.Mn.2O/c1-7-9(11(13)14)6-8-4-2-3-5-10(8)12-7;8-6-4-2-1-3-5(6)7(9)10;3*8-7-4-2-1-3-6(7)5-9;5*1-2;;;;;/h2-7,12H,1H3,(H,13,14);1-4H,8H2,(H,9,10);1-4,9H,5,8H2;2*1-5H,8H2;5*1-2H3;1H4;;;;. The molecule has 5 aromatic rings. The van der Waals surface area contributed by atoms with E-state index >= 15 is 0 Å². The van der Waals surface area contributed by atoms with Crippen molar-refractivity contribution in [2.24, 2.45) is 0 Å². The van der Waals surface area contributed by atoms with E-state index in [0.29, 0.717) is 39.4 Å². The number of nitrogen functional groups attached to an aromatic ring is 4. The van der Waals surface area contributed by atoms with Crippen LogP contribution in [0.1, 0.15) is 126 Å². The third-order valence-electron chi connectivity index (χ3n) is 7.02. The maximum atomic E-state index is 10.9. The van der Waals surface area contributed by atoms with Gasteiger partial charge in [-0.15, -0.1) is 0 Å². The Labute approximate surface area is 402 Å². The minimum atomic E-state index is -1.44. The summed E-state index contributed by atoms with van der Waals surface area (Å²) < 4.78 is 16.8. The number of aromatic carboxylic acids is 1. The molecule has 0 aromatic heterocycles. The van der Waals surface area contributed by atoms with Crippen molar-refractivity contribution in [3.63, 3.8) is 0 Å². The molecule has 0 fully saturated rings. The second kappa shape index (κ2) is 50.9. The Morgan fingerprint density at radius 1 is 0.576 bits per heavy atom. The second-order valence-corrected chi connectivity index (χ2v) is 10.9. The number of aldehydes is 2. The summed E-state index contributed by atoms with van der Waals surface area (Å²) in [6.45, 7) is 21.9. The van der Waals surface area contributed by atoms with Gasteiger partial charge in [-0.3, -0.25) is 9.59 Å². The molecule has 0 amide bonds. The van der Waals surface area contributed by atoms with Crippen molar-refractivity contribution in [1.29, 1.82) is 0 Å². The van der Waals surface area contributed by atoms with E-state index in [1.54, 1.807) is 84.9 Å². The quantitative estimate of drug-likeness (QED) is 0.0462. The average Bonchev–Trinajstić information content (AvgIpc) is 3.33. The Morgan fingerprint density at radius 2 is 0.924 bits per heavy atom. The topological polar surface area (TPSA) is 279 Å². The number of rotatable bonds is 5. The SMILES string of the molecule is C.CC.CC.CC.CC.CC.CC1Nc2ccccc2C=C1C(=O)O.Nc1ccccc1C(=O)O.Nc1ccccc1C=O.Nc1ccccc1C=O.Nc1ccccc1CO.[B].[O]=[Mn]=[O]. The van der Waals surface area contributed by atoms with E-state index in [-0.39, 0.29) is 34.1 Å². The first-order chi connectivity index (χ1) is 30.8. The molecule has 1 aliphatic rings. The van der Waals surface area contributed by atoms with Gasteiger partial charge in [0, 0.05) is 53.5 Å². The molecular formula is C50H75BMnN5O9. The third kappa shape index (κ3) is 32.9. The first kappa shape index (κ1) is 73.7. The van der Waals surface area contributed by atoms with E-state index < -0.39 is 26.8 Å². The molecule has 5 aromatic carbocycles. The number of carboxylic acid groups (broad SMARTS) is 2. The van der Waals surface area contributed by atoms with Gasteiger partial charge in [-0.25, -0.2) is 9.59 Å². The molecule has 14 nitrogen and oxygen atoms in total. The first-order valence-corrected chi connectivity index (χ1v) is 21.6. The normalized spacial score (nSPS) is 9.82. The Hall–Kier alpha value is -6.74. The van der Waals surface area contributed by atoms with Crippen molar-refractivity contribution in [2.45, 2.75) is 96.2 Å². The van der Waals surface area contributed by atoms with Gasteiger partial charge in [0.1, 0.15) is 0 Å². The van der Waals surface area contributed by atoms with Gasteiger partial charge in [0.2, 0.25) is 0 Å². The zero-order valence-electron chi connectivity index (χ0n) is 39.6. The molecule has 3 radical (unpaired) electrons. The van der Waals surface area contributed by atoms with Gasteiger partial charge in [0.15, 0.2) is 12.6 Å². The summed E-state index contributed by atoms with van der Waals surface area (Å²) in [7, 11) is 0. The van der Waals surface area contributed by atoms with E-state index in [2.05, 4.69) is 5.32 Å². The van der Waals surface area contributed by atoms with Gasteiger partial charge in [-0.1, -0.05) is 149 Å². The summed E-state index contributed by atoms with van der Waals surface area (Å²) in [6.07, 6.45) is 3.21. The van der Waals surface area contributed by atoms with Crippen molar-refractivity contribution in [1.82, 2.24) is 0 Å². The molecule has 1 heterocycles. The number of para-hydroxylation sites is 5. The number of nitrogens with one attached hydrogen (secondary N) is 1. The van der Waals surface area contributed by atoms with Crippen LogP contribution in [0.3, 0.4) is 0 Å². The number of aliphatic hydroxyl groups is 1. The van der Waals surface area contributed by atoms with E-state index in [1.807, 2.05) is 113 Å². The van der Waals surface area contributed by atoms with Crippen LogP contribution in [0.15, 0.2) is 127 Å². The molecular weight excluding hydrogens is 880 g/mol. The molecule has 0 aliphatic carbocycles. The Morgan fingerprint density at radius 3 is 1.23 bits per heavy atom. The molecule has 1 atom stereocenters. The number of nitrogens with two attached hydrogens (primary N) is 4. The number of anilines is 5. The second-order valence-electron chi connectivity index (χ2n) is 10.7. The molecule has 0 bridgehead atoms. The van der Waals surface area contributed by atoms with Crippen molar-refractivity contribution >= 4 is 67.4 Å². The predicted molar refractivity (Wildman–Crippen MR) is 273 cm³/mol. The zero-order chi connectivity index (χ0) is 50.5. The van der Waals surface area contributed by atoms with Gasteiger partial charge >= 0.3 is 34.4 Å². The Kier molecular flexibility index (Phi) is 56.8. The number of carbonyl (C=O) groups is 4. The van der Waals surface area contributed by atoms with Gasteiger partial charge in [0.05, 0.1) is 23.8 Å². The van der Waals surface area contributed by atoms with Crippen LogP contribution in [0, 0.1) is 0 Å². The van der Waals surface area contributed by atoms with Crippen molar-refractivity contribution in [3.8, 4) is 0 Å². The van der Waals surface area contributed by atoms with Crippen LogP contribution in [0.5, 0.6) is 0 Å². The van der Waals surface area contributed by atoms with Gasteiger partial charge in [0.25, 0.3) is 0 Å². The van der Waals surface area contributed by atoms with E-state index in [9.17, 15) is 19.2 Å². The number of fused-ring (bicyclic) bond motifs is 1. The molecule has 6 rings (SSSR count). The minimum absolute atomic E-state index is 0. The third-order valence-corrected chi connectivity index (χ3v) is 7.02. The number of carboxylic acids is 2. The van der Waals surface area contributed by atoms with Crippen LogP contribution in [0.25, 0.3) is 6.08 Å². The Bertz CT molecular complexity index is 2010. The average molecular weight is 956 g/mol. The molecule has 1 aliphatic heterocycles. The molecule has 364 valence electrons. The van der Waals surface area contributed by atoms with Crippen LogP contribution in [0.2, 0.25) is 0 Å². The fourth-order valence-electron chi connectivity index (χ4n) is 4.21. The fraction of sp³-hybridized carbons (Fsp3) is 0.280. The molecule has 16 heteroatoms. The van der Waals surface area contributed by atoms with Gasteiger partial charge in [-0.2, -0.15) is 0 Å². The predicted octanol–water partition coefficient (Wildman–Crippen LogP) is 11.0. The molecule has 66 heavy (non-hydrogen) atoms. The first-order valence-electron chi connectivity index (χ1n) is 20.7. The van der Waals surface area contributed by atoms with Crippen molar-refractivity contribution in [3.05, 3.63) is 155 Å².